The summed E-state index contributed by atoms with van der Waals surface area (Å²) in [4.78, 5) is 0. The second kappa shape index (κ2) is 7.75. The minimum absolute atomic E-state index is 0.0769. The van der Waals surface area contributed by atoms with E-state index in [2.05, 4.69) is 40.7 Å². The van der Waals surface area contributed by atoms with Gasteiger partial charge in [0.25, 0.3) is 0 Å². The number of allylic oxidation sites excluding steroid dienone is 1. The average Bonchev–Trinajstić information content (AvgIpc) is 3.03. The molecule has 0 aromatic carbocycles. The Morgan fingerprint density at radius 2 is 1.82 bits per heavy atom. The smallest absolute Gasteiger partial charge is 0.0577 e. The maximum Gasteiger partial charge on any atom is 0.0577 e. The van der Waals surface area contributed by atoms with E-state index in [0.717, 1.165) is 48.3 Å². The highest BCUT2D eigenvalue weighted by atomic mass is 16.3. The summed E-state index contributed by atoms with van der Waals surface area (Å²) in [5.41, 5.74) is 2.60. The Morgan fingerprint density at radius 1 is 1.04 bits per heavy atom. The monoisotopic (exact) mass is 386 g/mol. The first-order valence-electron chi connectivity index (χ1n) is 12.7. The van der Waals surface area contributed by atoms with Crippen LogP contribution < -0.4 is 0 Å². The standard InChI is InChI=1S/C27H46O/c1-6-18(2)7-8-19(3)23-11-12-24-22-10-9-20-17-21(28)13-15-26(20,4)25(22)14-16-27(23,24)5/h9,18-19,21-25,28H,6-8,10-17H2,1-5H3/t18-,19-,21+,22+,23-,24+,25+,26+,27-/m1/s1. The first-order chi connectivity index (χ1) is 13.3. The van der Waals surface area contributed by atoms with Gasteiger partial charge in [-0.15, -0.1) is 0 Å². The number of fused-ring (bicyclic) bond motifs is 5. The average molecular weight is 387 g/mol. The van der Waals surface area contributed by atoms with Crippen LogP contribution in [0.4, 0.5) is 0 Å². The Bertz CT molecular complexity index is 593. The Balaban J connectivity index is 1.50. The van der Waals surface area contributed by atoms with Crippen LogP contribution in [-0.2, 0) is 0 Å². The maximum absolute atomic E-state index is 10.2. The van der Waals surface area contributed by atoms with E-state index in [1.807, 2.05) is 0 Å². The van der Waals surface area contributed by atoms with Crippen LogP contribution in [0.5, 0.6) is 0 Å². The van der Waals surface area contributed by atoms with Gasteiger partial charge in [0.1, 0.15) is 0 Å². The van der Waals surface area contributed by atoms with Crippen molar-refractivity contribution in [1.29, 1.82) is 0 Å². The van der Waals surface area contributed by atoms with Crippen molar-refractivity contribution < 1.29 is 5.11 Å². The first-order valence-corrected chi connectivity index (χ1v) is 12.7. The number of hydrogen-bond donors (Lipinski definition) is 1. The lowest BCUT2D eigenvalue weighted by molar-refractivity contribution is -0.0574. The Morgan fingerprint density at radius 3 is 2.57 bits per heavy atom. The topological polar surface area (TPSA) is 20.2 Å². The van der Waals surface area contributed by atoms with Crippen LogP contribution >= 0.6 is 0 Å². The van der Waals surface area contributed by atoms with Crippen LogP contribution in [0.3, 0.4) is 0 Å². The number of aliphatic hydroxyl groups excluding tert-OH is 1. The molecule has 0 spiro atoms. The fourth-order valence-corrected chi connectivity index (χ4v) is 8.57. The van der Waals surface area contributed by atoms with Crippen LogP contribution in [0.15, 0.2) is 11.6 Å². The van der Waals surface area contributed by atoms with Gasteiger partial charge in [-0.25, -0.2) is 0 Å². The summed E-state index contributed by atoms with van der Waals surface area (Å²) >= 11 is 0. The minimum Gasteiger partial charge on any atom is -0.393 e. The Hall–Kier alpha value is -0.300. The number of aliphatic hydroxyl groups is 1. The summed E-state index contributed by atoms with van der Waals surface area (Å²) in [5, 5.41) is 10.2. The molecular formula is C27H46O. The first kappa shape index (κ1) is 21.0. The van der Waals surface area contributed by atoms with Crippen molar-refractivity contribution in [2.45, 2.75) is 111 Å². The molecule has 1 nitrogen and oxygen atoms in total. The fraction of sp³-hybridized carbons (Fsp3) is 0.926. The summed E-state index contributed by atoms with van der Waals surface area (Å²) in [6.07, 6.45) is 17.1. The number of rotatable bonds is 5. The molecule has 4 aliphatic rings. The molecule has 1 heteroatoms. The summed E-state index contributed by atoms with van der Waals surface area (Å²) in [6.45, 7) is 12.6. The molecule has 0 saturated heterocycles. The molecule has 0 radical (unpaired) electrons. The van der Waals surface area contributed by atoms with Crippen molar-refractivity contribution in [2.75, 3.05) is 0 Å². The normalized spacial score (nSPS) is 47.5. The molecule has 0 amide bonds. The summed E-state index contributed by atoms with van der Waals surface area (Å²) < 4.78 is 0. The SMILES string of the molecule is CC[C@@H](C)CC[C@@H](C)[C@H]1CC[C@H]2[C@@H]3CC=C4C[C@@H](O)CC[C@]4(C)[C@H]3CC[C@]12C. The van der Waals surface area contributed by atoms with Crippen LogP contribution in [0, 0.1) is 46.3 Å². The second-order valence-corrected chi connectivity index (χ2v) is 12.0. The third-order valence-corrected chi connectivity index (χ3v) is 10.6. The molecule has 1 N–H and O–H groups in total. The van der Waals surface area contributed by atoms with Crippen molar-refractivity contribution in [3.05, 3.63) is 11.6 Å². The van der Waals surface area contributed by atoms with Crippen LogP contribution in [0.25, 0.3) is 0 Å². The van der Waals surface area contributed by atoms with E-state index in [4.69, 9.17) is 0 Å². The zero-order chi connectivity index (χ0) is 20.1. The van der Waals surface area contributed by atoms with Crippen molar-refractivity contribution in [2.24, 2.45) is 46.3 Å². The lowest BCUT2D eigenvalue weighted by atomic mass is 9.47. The second-order valence-electron chi connectivity index (χ2n) is 12.0. The highest BCUT2D eigenvalue weighted by molar-refractivity contribution is 5.25. The largest absolute Gasteiger partial charge is 0.393 e. The third-order valence-electron chi connectivity index (χ3n) is 10.6. The van der Waals surface area contributed by atoms with Gasteiger partial charge in [0.15, 0.2) is 0 Å². The minimum atomic E-state index is -0.0769. The quantitative estimate of drug-likeness (QED) is 0.488. The van der Waals surface area contributed by atoms with E-state index in [1.165, 1.54) is 57.8 Å². The molecular weight excluding hydrogens is 340 g/mol. The van der Waals surface area contributed by atoms with E-state index >= 15 is 0 Å². The summed E-state index contributed by atoms with van der Waals surface area (Å²) in [6, 6.07) is 0. The van der Waals surface area contributed by atoms with Gasteiger partial charge in [0.2, 0.25) is 0 Å². The predicted molar refractivity (Wildman–Crippen MR) is 119 cm³/mol. The lowest BCUT2D eigenvalue weighted by Crippen LogP contribution is -2.50. The van der Waals surface area contributed by atoms with E-state index in [-0.39, 0.29) is 6.10 Å². The molecule has 28 heavy (non-hydrogen) atoms. The van der Waals surface area contributed by atoms with Gasteiger partial charge in [-0.1, -0.05) is 65.5 Å². The van der Waals surface area contributed by atoms with Gasteiger partial charge in [0.05, 0.1) is 6.10 Å². The molecule has 0 heterocycles. The number of hydrogen-bond acceptors (Lipinski definition) is 1. The van der Waals surface area contributed by atoms with Crippen molar-refractivity contribution in [3.8, 4) is 0 Å². The summed E-state index contributed by atoms with van der Waals surface area (Å²) in [5.74, 6) is 5.49. The van der Waals surface area contributed by atoms with Gasteiger partial charge >= 0.3 is 0 Å². The van der Waals surface area contributed by atoms with Crippen molar-refractivity contribution in [1.82, 2.24) is 0 Å². The highest BCUT2D eigenvalue weighted by Crippen LogP contribution is 2.67. The van der Waals surface area contributed by atoms with Gasteiger partial charge in [-0.2, -0.15) is 0 Å². The van der Waals surface area contributed by atoms with Gasteiger partial charge < -0.3 is 5.11 Å². The molecule has 4 rings (SSSR count). The molecule has 0 aromatic rings. The molecule has 160 valence electrons. The van der Waals surface area contributed by atoms with E-state index in [0.29, 0.717) is 10.8 Å². The van der Waals surface area contributed by atoms with E-state index in [1.54, 1.807) is 5.57 Å². The zero-order valence-electron chi connectivity index (χ0n) is 19.3. The Kier molecular flexibility index (Phi) is 5.80. The highest BCUT2D eigenvalue weighted by Gasteiger charge is 2.59. The molecule has 4 aliphatic carbocycles. The molecule has 0 bridgehead atoms. The van der Waals surface area contributed by atoms with Gasteiger partial charge in [0, 0.05) is 0 Å². The Labute approximate surface area is 174 Å². The molecule has 3 saturated carbocycles. The summed E-state index contributed by atoms with van der Waals surface area (Å²) in [7, 11) is 0. The molecule has 0 aromatic heterocycles. The molecule has 3 fully saturated rings. The van der Waals surface area contributed by atoms with Crippen LogP contribution in [0.2, 0.25) is 0 Å². The van der Waals surface area contributed by atoms with E-state index < -0.39 is 0 Å². The van der Waals surface area contributed by atoms with Crippen molar-refractivity contribution in [3.63, 3.8) is 0 Å². The maximum atomic E-state index is 10.2. The molecule has 0 unspecified atom stereocenters. The van der Waals surface area contributed by atoms with Crippen molar-refractivity contribution >= 4 is 0 Å². The molecule has 9 atom stereocenters. The lowest BCUT2D eigenvalue weighted by Gasteiger charge is -2.58. The van der Waals surface area contributed by atoms with Gasteiger partial charge in [-0.3, -0.25) is 0 Å². The van der Waals surface area contributed by atoms with Crippen LogP contribution in [-0.4, -0.2) is 11.2 Å². The van der Waals surface area contributed by atoms with Crippen LogP contribution in [0.1, 0.15) is 105 Å². The van der Waals surface area contributed by atoms with Gasteiger partial charge in [-0.05, 0) is 97.7 Å². The van der Waals surface area contributed by atoms with E-state index in [9.17, 15) is 5.11 Å². The predicted octanol–water partition coefficient (Wildman–Crippen LogP) is 7.39. The third kappa shape index (κ3) is 3.32. The fourth-order valence-electron chi connectivity index (χ4n) is 8.57. The zero-order valence-corrected chi connectivity index (χ0v) is 19.3. The molecule has 0 aliphatic heterocycles.